The largest absolute Gasteiger partial charge is 0.472 e. The fraction of sp³-hybridized carbons (Fsp3) is 0.921. The van der Waals surface area contributed by atoms with E-state index in [1.165, 1.54) is 122 Å². The number of nitrogens with one attached hydrogen (secondary N) is 1. The van der Waals surface area contributed by atoms with Crippen molar-refractivity contribution in [3.63, 3.8) is 0 Å². The van der Waals surface area contributed by atoms with Gasteiger partial charge in [-0.15, -0.1) is 0 Å². The third-order valence-corrected chi connectivity index (χ3v) is 9.90. The lowest BCUT2D eigenvalue weighted by Crippen LogP contribution is -2.46. The minimum absolute atomic E-state index is 0.0512. The molecule has 6 N–H and O–H groups in total. The van der Waals surface area contributed by atoms with Gasteiger partial charge in [-0.25, -0.2) is 4.57 Å². The van der Waals surface area contributed by atoms with Gasteiger partial charge in [-0.1, -0.05) is 174 Å². The molecule has 0 radical (unpaired) electrons. The average molecular weight is 705 g/mol. The average Bonchev–Trinajstić information content (AvgIpc) is 3.06. The maximum absolute atomic E-state index is 12.7. The van der Waals surface area contributed by atoms with E-state index in [0.29, 0.717) is 6.42 Å². The number of rotatable bonds is 37. The van der Waals surface area contributed by atoms with E-state index in [9.17, 15) is 24.5 Å². The van der Waals surface area contributed by atoms with Crippen LogP contribution in [0.1, 0.15) is 187 Å². The molecular formula is C38H77N2O7P. The van der Waals surface area contributed by atoms with Crippen LogP contribution in [0, 0.1) is 0 Å². The first-order chi connectivity index (χ1) is 23.3. The van der Waals surface area contributed by atoms with Gasteiger partial charge in [-0.2, -0.15) is 0 Å². The highest BCUT2D eigenvalue weighted by Gasteiger charge is 2.27. The van der Waals surface area contributed by atoms with E-state index >= 15 is 0 Å². The van der Waals surface area contributed by atoms with Crippen LogP contribution in [0.2, 0.25) is 0 Å². The zero-order valence-electron chi connectivity index (χ0n) is 31.1. The molecule has 0 saturated carbocycles. The predicted molar refractivity (Wildman–Crippen MR) is 200 cm³/mol. The molecule has 0 bridgehead atoms. The topological polar surface area (TPSA) is 151 Å². The standard InChI is InChI=1S/C38H77N2O7P/c1-3-5-7-9-11-13-15-16-17-18-19-20-22-24-26-28-30-37(42)36(34-47-48(44,45)46-32-31-39)40-38(43)33-35(41)29-27-25-23-21-14-12-10-8-6-4-2/h28,30,35-37,41-42H,3-27,29,31-34,39H2,1-2H3,(H,40,43)(H,44,45)/b30-28+. The molecule has 48 heavy (non-hydrogen) atoms. The number of allylic oxidation sites excluding steroid dienone is 1. The van der Waals surface area contributed by atoms with Gasteiger partial charge in [0.1, 0.15) is 0 Å². The summed E-state index contributed by atoms with van der Waals surface area (Å²) in [7, 11) is -4.39. The molecule has 0 fully saturated rings. The molecule has 4 unspecified atom stereocenters. The van der Waals surface area contributed by atoms with E-state index in [-0.39, 0.29) is 19.6 Å². The van der Waals surface area contributed by atoms with Crippen LogP contribution in [0.4, 0.5) is 0 Å². The Morgan fingerprint density at radius 1 is 0.708 bits per heavy atom. The van der Waals surface area contributed by atoms with Gasteiger partial charge in [0.15, 0.2) is 0 Å². The Labute approximate surface area is 295 Å². The summed E-state index contributed by atoms with van der Waals surface area (Å²) in [5, 5.41) is 23.9. The summed E-state index contributed by atoms with van der Waals surface area (Å²) in [5.74, 6) is -0.446. The molecule has 0 aliphatic carbocycles. The van der Waals surface area contributed by atoms with E-state index in [0.717, 1.165) is 38.5 Å². The van der Waals surface area contributed by atoms with Crippen molar-refractivity contribution >= 4 is 13.7 Å². The molecule has 0 aliphatic heterocycles. The van der Waals surface area contributed by atoms with Crippen molar-refractivity contribution in [2.24, 2.45) is 5.73 Å². The van der Waals surface area contributed by atoms with Gasteiger partial charge in [-0.05, 0) is 19.3 Å². The Balaban J connectivity index is 4.39. The SMILES string of the molecule is CCCCCCCCCCCCCCCC/C=C/C(O)C(COP(=O)(O)OCCN)NC(=O)CC(O)CCCCCCCCCCCC. The van der Waals surface area contributed by atoms with Crippen LogP contribution in [0.25, 0.3) is 0 Å². The Hall–Kier alpha value is -0.800. The first-order valence-corrected chi connectivity index (χ1v) is 21.4. The molecule has 1 amide bonds. The van der Waals surface area contributed by atoms with Crippen LogP contribution >= 0.6 is 7.82 Å². The van der Waals surface area contributed by atoms with Crippen molar-refractivity contribution in [3.8, 4) is 0 Å². The van der Waals surface area contributed by atoms with Crippen LogP contribution in [0.5, 0.6) is 0 Å². The molecule has 286 valence electrons. The lowest BCUT2D eigenvalue weighted by atomic mass is 10.0. The molecule has 0 aromatic heterocycles. The van der Waals surface area contributed by atoms with E-state index in [1.807, 2.05) is 6.08 Å². The van der Waals surface area contributed by atoms with Crippen molar-refractivity contribution in [1.29, 1.82) is 0 Å². The number of phosphoric ester groups is 1. The minimum Gasteiger partial charge on any atom is -0.393 e. The zero-order valence-corrected chi connectivity index (χ0v) is 32.0. The quantitative estimate of drug-likeness (QED) is 0.0244. The second kappa shape index (κ2) is 34.6. The van der Waals surface area contributed by atoms with Crippen molar-refractivity contribution in [2.75, 3.05) is 19.8 Å². The number of carbonyl (C=O) groups is 1. The molecule has 0 saturated heterocycles. The lowest BCUT2D eigenvalue weighted by molar-refractivity contribution is -0.124. The van der Waals surface area contributed by atoms with E-state index in [1.54, 1.807) is 6.08 Å². The van der Waals surface area contributed by atoms with Gasteiger partial charge in [0.2, 0.25) is 5.91 Å². The summed E-state index contributed by atoms with van der Waals surface area (Å²) in [6, 6.07) is -0.975. The van der Waals surface area contributed by atoms with Crippen molar-refractivity contribution in [1.82, 2.24) is 5.32 Å². The Bertz CT molecular complexity index is 786. The molecular weight excluding hydrogens is 627 g/mol. The fourth-order valence-electron chi connectivity index (χ4n) is 5.88. The van der Waals surface area contributed by atoms with Gasteiger partial charge in [0.25, 0.3) is 0 Å². The zero-order chi connectivity index (χ0) is 35.6. The van der Waals surface area contributed by atoms with Crippen molar-refractivity contribution in [2.45, 2.75) is 205 Å². The first-order valence-electron chi connectivity index (χ1n) is 19.9. The second-order valence-electron chi connectivity index (χ2n) is 13.7. The third kappa shape index (κ3) is 32.4. The summed E-state index contributed by atoms with van der Waals surface area (Å²) in [6.45, 7) is 3.95. The fourth-order valence-corrected chi connectivity index (χ4v) is 6.64. The molecule has 0 aromatic rings. The summed E-state index contributed by atoms with van der Waals surface area (Å²) in [5.41, 5.74) is 5.35. The van der Waals surface area contributed by atoms with Gasteiger partial charge >= 0.3 is 7.82 Å². The number of amides is 1. The van der Waals surface area contributed by atoms with E-state index < -0.39 is 38.6 Å². The highest BCUT2D eigenvalue weighted by molar-refractivity contribution is 7.47. The van der Waals surface area contributed by atoms with Crippen molar-refractivity contribution in [3.05, 3.63) is 12.2 Å². The minimum atomic E-state index is -4.39. The number of nitrogens with two attached hydrogens (primary N) is 1. The molecule has 10 heteroatoms. The highest BCUT2D eigenvalue weighted by atomic mass is 31.2. The number of hydrogen-bond donors (Lipinski definition) is 5. The predicted octanol–water partition coefficient (Wildman–Crippen LogP) is 9.41. The first kappa shape index (κ1) is 47.2. The van der Waals surface area contributed by atoms with Gasteiger partial charge in [0, 0.05) is 6.54 Å². The number of unbranched alkanes of at least 4 members (excludes halogenated alkanes) is 23. The van der Waals surface area contributed by atoms with Crippen LogP contribution in [-0.4, -0.2) is 59.0 Å². The number of phosphoric acid groups is 1. The molecule has 4 atom stereocenters. The highest BCUT2D eigenvalue weighted by Crippen LogP contribution is 2.43. The summed E-state index contributed by atoms with van der Waals surface area (Å²) in [4.78, 5) is 22.6. The smallest absolute Gasteiger partial charge is 0.393 e. The third-order valence-electron chi connectivity index (χ3n) is 8.92. The van der Waals surface area contributed by atoms with Crippen LogP contribution in [0.15, 0.2) is 12.2 Å². The number of aliphatic hydroxyl groups excluding tert-OH is 2. The maximum atomic E-state index is 12.7. The van der Waals surface area contributed by atoms with E-state index in [2.05, 4.69) is 19.2 Å². The molecule has 9 nitrogen and oxygen atoms in total. The van der Waals surface area contributed by atoms with Crippen LogP contribution < -0.4 is 11.1 Å². The molecule has 0 rings (SSSR count). The van der Waals surface area contributed by atoms with Crippen molar-refractivity contribution < 1.29 is 33.5 Å². The maximum Gasteiger partial charge on any atom is 0.472 e. The van der Waals surface area contributed by atoms with E-state index in [4.69, 9.17) is 14.8 Å². The Kier molecular flexibility index (Phi) is 34.1. The lowest BCUT2D eigenvalue weighted by Gasteiger charge is -2.24. The molecule has 0 aliphatic rings. The summed E-state index contributed by atoms with van der Waals surface area (Å²) < 4.78 is 22.0. The van der Waals surface area contributed by atoms with Crippen LogP contribution in [0.3, 0.4) is 0 Å². The van der Waals surface area contributed by atoms with Crippen LogP contribution in [-0.2, 0) is 18.4 Å². The monoisotopic (exact) mass is 705 g/mol. The molecule has 0 heterocycles. The number of carbonyl (C=O) groups excluding carboxylic acids is 1. The normalized spacial score (nSPS) is 15.0. The second-order valence-corrected chi connectivity index (χ2v) is 15.1. The summed E-state index contributed by atoms with van der Waals surface area (Å²) in [6.07, 6.45) is 32.9. The number of aliphatic hydroxyl groups is 2. The number of hydrogen-bond acceptors (Lipinski definition) is 7. The summed E-state index contributed by atoms with van der Waals surface area (Å²) >= 11 is 0. The Morgan fingerprint density at radius 2 is 1.15 bits per heavy atom. The molecule has 0 aromatic carbocycles. The van der Waals surface area contributed by atoms with Gasteiger partial charge in [-0.3, -0.25) is 13.8 Å². The Morgan fingerprint density at radius 3 is 1.60 bits per heavy atom. The van der Waals surface area contributed by atoms with Gasteiger partial charge < -0.3 is 26.2 Å². The van der Waals surface area contributed by atoms with Gasteiger partial charge in [0.05, 0.1) is 37.9 Å². The molecule has 0 spiro atoms.